The van der Waals surface area contributed by atoms with Crippen molar-refractivity contribution in [3.8, 4) is 5.75 Å². The number of alkyl halides is 3. The van der Waals surface area contributed by atoms with Gasteiger partial charge in [0.25, 0.3) is 0 Å². The van der Waals surface area contributed by atoms with Crippen LogP contribution in [0.15, 0.2) is 47.4 Å². The normalized spacial score (nSPS) is 16.1. The molecule has 1 atom stereocenters. The van der Waals surface area contributed by atoms with Gasteiger partial charge in [0, 0.05) is 19.6 Å². The van der Waals surface area contributed by atoms with Crippen molar-refractivity contribution in [3.05, 3.63) is 59.2 Å². The van der Waals surface area contributed by atoms with Gasteiger partial charge in [-0.25, -0.2) is 13.1 Å². The standard InChI is InChI=1S/C22H25F3N2O5S/c1-2-27(14-15-6-8-18(9-7-15)32-22(23,24)25)11-10-26-33(30,31)20-5-3-4-16-12-17(21(28)29)13-19(16)20/h3-9,17,26H,2,10-14H2,1H3,(H,28,29). The predicted molar refractivity (Wildman–Crippen MR) is 114 cm³/mol. The molecule has 1 unspecified atom stereocenters. The minimum absolute atomic E-state index is 0.104. The van der Waals surface area contributed by atoms with Crippen molar-refractivity contribution in [2.24, 2.45) is 5.92 Å². The number of fused-ring (bicyclic) bond motifs is 1. The summed E-state index contributed by atoms with van der Waals surface area (Å²) in [7, 11) is -3.83. The van der Waals surface area contributed by atoms with Gasteiger partial charge in [0.1, 0.15) is 5.75 Å². The summed E-state index contributed by atoms with van der Waals surface area (Å²) in [6.45, 7) is 3.42. The highest BCUT2D eigenvalue weighted by Gasteiger charge is 2.32. The fourth-order valence-electron chi connectivity index (χ4n) is 3.86. The van der Waals surface area contributed by atoms with Crippen LogP contribution >= 0.6 is 0 Å². The van der Waals surface area contributed by atoms with Gasteiger partial charge in [0.05, 0.1) is 10.8 Å². The van der Waals surface area contributed by atoms with Crippen LogP contribution in [-0.4, -0.2) is 50.4 Å². The van der Waals surface area contributed by atoms with Crippen LogP contribution in [0.5, 0.6) is 5.75 Å². The highest BCUT2D eigenvalue weighted by molar-refractivity contribution is 7.89. The summed E-state index contributed by atoms with van der Waals surface area (Å²) < 4.78 is 69.0. The van der Waals surface area contributed by atoms with E-state index in [2.05, 4.69) is 9.46 Å². The second-order valence-corrected chi connectivity index (χ2v) is 9.53. The fraction of sp³-hybridized carbons (Fsp3) is 0.409. The van der Waals surface area contributed by atoms with E-state index in [1.807, 2.05) is 11.8 Å². The molecule has 2 N–H and O–H groups in total. The smallest absolute Gasteiger partial charge is 0.481 e. The van der Waals surface area contributed by atoms with Gasteiger partial charge in [-0.15, -0.1) is 13.2 Å². The van der Waals surface area contributed by atoms with E-state index in [9.17, 15) is 31.5 Å². The maximum absolute atomic E-state index is 12.9. The zero-order valence-corrected chi connectivity index (χ0v) is 18.7. The molecule has 1 aliphatic carbocycles. The van der Waals surface area contributed by atoms with Gasteiger partial charge in [-0.3, -0.25) is 9.69 Å². The Balaban J connectivity index is 1.58. The summed E-state index contributed by atoms with van der Waals surface area (Å²) in [5.41, 5.74) is 2.04. The first kappa shape index (κ1) is 25.0. The van der Waals surface area contributed by atoms with E-state index in [1.165, 1.54) is 30.3 Å². The van der Waals surface area contributed by atoms with Crippen LogP contribution in [0.1, 0.15) is 23.6 Å². The first-order valence-electron chi connectivity index (χ1n) is 10.4. The first-order valence-corrected chi connectivity index (χ1v) is 11.9. The lowest BCUT2D eigenvalue weighted by Crippen LogP contribution is -2.35. The van der Waals surface area contributed by atoms with E-state index in [1.54, 1.807) is 12.1 Å². The van der Waals surface area contributed by atoms with Crippen LogP contribution < -0.4 is 9.46 Å². The molecule has 11 heteroatoms. The summed E-state index contributed by atoms with van der Waals surface area (Å²) in [4.78, 5) is 13.4. The van der Waals surface area contributed by atoms with Gasteiger partial charge in [0.15, 0.2) is 0 Å². The Bertz CT molecular complexity index is 1090. The molecule has 3 rings (SSSR count). The zero-order chi connectivity index (χ0) is 24.2. The van der Waals surface area contributed by atoms with Crippen LogP contribution in [0.2, 0.25) is 0 Å². The topological polar surface area (TPSA) is 95.9 Å². The molecular formula is C22H25F3N2O5S. The molecular weight excluding hydrogens is 461 g/mol. The lowest BCUT2D eigenvalue weighted by molar-refractivity contribution is -0.274. The number of halogens is 3. The largest absolute Gasteiger partial charge is 0.573 e. The second kappa shape index (κ2) is 10.1. The molecule has 1 aliphatic rings. The maximum Gasteiger partial charge on any atom is 0.573 e. The predicted octanol–water partition coefficient (Wildman–Crippen LogP) is 3.19. The molecule has 0 saturated carbocycles. The maximum atomic E-state index is 12.9. The van der Waals surface area contributed by atoms with Crippen LogP contribution in [0, 0.1) is 5.92 Å². The molecule has 2 aromatic carbocycles. The Morgan fingerprint density at radius 2 is 1.88 bits per heavy atom. The molecule has 0 saturated heterocycles. The van der Waals surface area contributed by atoms with Crippen molar-refractivity contribution in [2.45, 2.75) is 37.6 Å². The number of nitrogens with zero attached hydrogens (tertiary/aromatic N) is 1. The summed E-state index contributed by atoms with van der Waals surface area (Å²) in [5.74, 6) is -1.87. The quantitative estimate of drug-likeness (QED) is 0.536. The van der Waals surface area contributed by atoms with Crippen molar-refractivity contribution < 1.29 is 36.2 Å². The number of aliphatic carboxylic acids is 1. The summed E-state index contributed by atoms with van der Waals surface area (Å²) in [6.07, 6.45) is -4.26. The number of nitrogens with one attached hydrogen (secondary N) is 1. The van der Waals surface area contributed by atoms with Crippen molar-refractivity contribution >= 4 is 16.0 Å². The molecule has 0 amide bonds. The Kier molecular flexibility index (Phi) is 7.65. The van der Waals surface area contributed by atoms with Crippen LogP contribution in [-0.2, 0) is 34.2 Å². The lowest BCUT2D eigenvalue weighted by Gasteiger charge is -2.21. The lowest BCUT2D eigenvalue weighted by atomic mass is 10.1. The van der Waals surface area contributed by atoms with E-state index >= 15 is 0 Å². The van der Waals surface area contributed by atoms with Gasteiger partial charge in [-0.05, 0) is 54.3 Å². The Morgan fingerprint density at radius 1 is 1.18 bits per heavy atom. The molecule has 0 aliphatic heterocycles. The van der Waals surface area contributed by atoms with Crippen molar-refractivity contribution in [2.75, 3.05) is 19.6 Å². The Labute approximate surface area is 190 Å². The van der Waals surface area contributed by atoms with E-state index in [0.29, 0.717) is 31.6 Å². The summed E-state index contributed by atoms with van der Waals surface area (Å²) >= 11 is 0. The van der Waals surface area contributed by atoms with E-state index in [4.69, 9.17) is 0 Å². The molecule has 0 heterocycles. The number of benzene rings is 2. The van der Waals surface area contributed by atoms with Crippen molar-refractivity contribution in [1.82, 2.24) is 9.62 Å². The third kappa shape index (κ3) is 6.68. The van der Waals surface area contributed by atoms with Crippen molar-refractivity contribution in [1.29, 1.82) is 0 Å². The van der Waals surface area contributed by atoms with Crippen LogP contribution in [0.25, 0.3) is 0 Å². The average molecular weight is 487 g/mol. The average Bonchev–Trinajstić information content (AvgIpc) is 3.18. The number of carbonyl (C=O) groups is 1. The third-order valence-electron chi connectivity index (χ3n) is 5.52. The molecule has 2 aromatic rings. The van der Waals surface area contributed by atoms with E-state index in [-0.39, 0.29) is 23.6 Å². The number of sulfonamides is 1. The minimum atomic E-state index is -4.75. The zero-order valence-electron chi connectivity index (χ0n) is 17.9. The summed E-state index contributed by atoms with van der Waals surface area (Å²) in [5, 5.41) is 9.27. The highest BCUT2D eigenvalue weighted by atomic mass is 32.2. The SMILES string of the molecule is CCN(CCNS(=O)(=O)c1cccc2c1CC(C(=O)O)C2)Cc1ccc(OC(F)(F)F)cc1. The number of hydrogen-bond donors (Lipinski definition) is 2. The van der Waals surface area contributed by atoms with Crippen molar-refractivity contribution in [3.63, 3.8) is 0 Å². The highest BCUT2D eigenvalue weighted by Crippen LogP contribution is 2.32. The second-order valence-electron chi connectivity index (χ2n) is 7.80. The number of carboxylic acid groups (broad SMARTS) is 1. The number of ether oxygens (including phenoxy) is 1. The number of hydrogen-bond acceptors (Lipinski definition) is 5. The van der Waals surface area contributed by atoms with Gasteiger partial charge in [-0.2, -0.15) is 0 Å². The molecule has 33 heavy (non-hydrogen) atoms. The third-order valence-corrected chi connectivity index (χ3v) is 7.06. The van der Waals surface area contributed by atoms with Gasteiger partial charge in [-0.1, -0.05) is 31.2 Å². The van der Waals surface area contributed by atoms with Crippen LogP contribution in [0.4, 0.5) is 13.2 Å². The van der Waals surface area contributed by atoms with Gasteiger partial charge < -0.3 is 9.84 Å². The van der Waals surface area contributed by atoms with Gasteiger partial charge in [0.2, 0.25) is 10.0 Å². The van der Waals surface area contributed by atoms with E-state index < -0.39 is 28.3 Å². The molecule has 0 radical (unpaired) electrons. The minimum Gasteiger partial charge on any atom is -0.481 e. The molecule has 0 fully saturated rings. The molecule has 7 nitrogen and oxygen atoms in total. The first-order chi connectivity index (χ1) is 15.5. The number of likely N-dealkylation sites (N-methyl/N-ethyl adjacent to an activating group) is 1. The molecule has 180 valence electrons. The Hall–Kier alpha value is -2.63. The molecule has 0 bridgehead atoms. The Morgan fingerprint density at radius 3 is 2.48 bits per heavy atom. The molecule has 0 spiro atoms. The monoisotopic (exact) mass is 486 g/mol. The number of carboxylic acids is 1. The fourth-order valence-corrected chi connectivity index (χ4v) is 5.18. The van der Waals surface area contributed by atoms with E-state index in [0.717, 1.165) is 11.1 Å². The summed E-state index contributed by atoms with van der Waals surface area (Å²) in [6, 6.07) is 10.4. The number of rotatable bonds is 10. The van der Waals surface area contributed by atoms with Gasteiger partial charge >= 0.3 is 12.3 Å². The molecule has 0 aromatic heterocycles. The van der Waals surface area contributed by atoms with Crippen LogP contribution in [0.3, 0.4) is 0 Å².